The molecule has 3 N–H and O–H groups in total. The molecule has 0 aliphatic carbocycles. The average molecular weight is 590 g/mol. The first kappa shape index (κ1) is 29.8. The van der Waals surface area contributed by atoms with Gasteiger partial charge >= 0.3 is 5.97 Å². The van der Waals surface area contributed by atoms with Gasteiger partial charge in [-0.05, 0) is 54.4 Å². The molecule has 3 aromatic rings. The number of anilines is 1. The summed E-state index contributed by atoms with van der Waals surface area (Å²) in [5.74, 6) is -2.52. The van der Waals surface area contributed by atoms with Gasteiger partial charge in [0.1, 0.15) is 11.6 Å². The Balaban J connectivity index is 1.81. The maximum atomic E-state index is 15.6. The van der Waals surface area contributed by atoms with Crippen LogP contribution in [0.25, 0.3) is 0 Å². The second-order valence-electron chi connectivity index (χ2n) is 9.47. The Morgan fingerprint density at radius 2 is 1.88 bits per heavy atom. The summed E-state index contributed by atoms with van der Waals surface area (Å²) >= 11 is 12.3. The maximum absolute atomic E-state index is 15.6. The number of rotatable bonds is 11. The number of aliphatic hydroxyl groups excluding tert-OH is 1. The standard InChI is InChI=1S/C29H30Cl2FN3O5/c1-2-40-21-9-3-6-18(12-21)14-34-15-24(35(17-36)16-25(37)38)26(22-10-5-11-23(31)27(22)32)28(34)29(39)33-20-8-4-7-19(30)13-20/h3-13,24,26,28,36H,2,14-17H2,1H3,(H,33,39)(H,37,38). The number of carboxylic acids is 1. The van der Waals surface area contributed by atoms with Gasteiger partial charge in [0.25, 0.3) is 0 Å². The Morgan fingerprint density at radius 3 is 2.58 bits per heavy atom. The van der Waals surface area contributed by atoms with Gasteiger partial charge in [-0.3, -0.25) is 19.4 Å². The average Bonchev–Trinajstić information content (AvgIpc) is 3.27. The smallest absolute Gasteiger partial charge is 0.317 e. The van der Waals surface area contributed by atoms with Crippen molar-refractivity contribution < 1.29 is 28.9 Å². The summed E-state index contributed by atoms with van der Waals surface area (Å²) in [6.07, 6.45) is 0. The van der Waals surface area contributed by atoms with E-state index in [1.165, 1.54) is 17.0 Å². The van der Waals surface area contributed by atoms with Crippen molar-refractivity contribution in [1.29, 1.82) is 0 Å². The number of carbonyl (C=O) groups is 2. The molecule has 11 heteroatoms. The zero-order valence-electron chi connectivity index (χ0n) is 21.8. The highest BCUT2D eigenvalue weighted by molar-refractivity contribution is 6.31. The number of aliphatic carboxylic acids is 1. The number of hydrogen-bond donors (Lipinski definition) is 3. The van der Waals surface area contributed by atoms with E-state index in [0.29, 0.717) is 23.1 Å². The number of carboxylic acid groups (broad SMARTS) is 1. The first-order valence-electron chi connectivity index (χ1n) is 12.7. The number of nitrogens with one attached hydrogen (secondary N) is 1. The molecule has 3 unspecified atom stereocenters. The Morgan fingerprint density at radius 1 is 1.12 bits per heavy atom. The van der Waals surface area contributed by atoms with E-state index in [1.807, 2.05) is 36.1 Å². The summed E-state index contributed by atoms with van der Waals surface area (Å²) in [5.41, 5.74) is 1.44. The predicted octanol–water partition coefficient (Wildman–Crippen LogP) is 4.84. The van der Waals surface area contributed by atoms with Crippen LogP contribution in [-0.2, 0) is 16.1 Å². The van der Waals surface area contributed by atoms with Crippen LogP contribution in [0.3, 0.4) is 0 Å². The number of hydrogen-bond acceptors (Lipinski definition) is 6. The first-order valence-corrected chi connectivity index (χ1v) is 13.5. The molecule has 1 saturated heterocycles. The maximum Gasteiger partial charge on any atom is 0.317 e. The number of likely N-dealkylation sites (tertiary alicyclic amines) is 1. The van der Waals surface area contributed by atoms with Gasteiger partial charge in [-0.25, -0.2) is 4.39 Å². The Hall–Kier alpha value is -3.21. The van der Waals surface area contributed by atoms with Crippen LogP contribution in [0.1, 0.15) is 24.0 Å². The molecule has 212 valence electrons. The highest BCUT2D eigenvalue weighted by Crippen LogP contribution is 2.40. The fourth-order valence-corrected chi connectivity index (χ4v) is 5.63. The second kappa shape index (κ2) is 13.4. The fourth-order valence-electron chi connectivity index (χ4n) is 5.26. The van der Waals surface area contributed by atoms with Crippen LogP contribution in [-0.4, -0.2) is 70.4 Å². The van der Waals surface area contributed by atoms with E-state index in [9.17, 15) is 19.8 Å². The van der Waals surface area contributed by atoms with Crippen LogP contribution < -0.4 is 10.1 Å². The molecule has 1 aliphatic rings. The molecule has 0 saturated carbocycles. The number of ether oxygens (including phenoxy) is 1. The molecule has 40 heavy (non-hydrogen) atoms. The summed E-state index contributed by atoms with van der Waals surface area (Å²) in [6.45, 7) is 1.69. The lowest BCUT2D eigenvalue weighted by Gasteiger charge is -2.32. The zero-order chi connectivity index (χ0) is 28.8. The van der Waals surface area contributed by atoms with Crippen molar-refractivity contribution in [3.63, 3.8) is 0 Å². The van der Waals surface area contributed by atoms with Crippen LogP contribution >= 0.6 is 23.2 Å². The molecule has 0 bridgehead atoms. The molecule has 0 aromatic heterocycles. The monoisotopic (exact) mass is 589 g/mol. The Bertz CT molecular complexity index is 1360. The van der Waals surface area contributed by atoms with E-state index in [0.717, 1.165) is 5.56 Å². The van der Waals surface area contributed by atoms with Gasteiger partial charge in [-0.1, -0.05) is 53.5 Å². The summed E-state index contributed by atoms with van der Waals surface area (Å²) in [5, 5.41) is 22.9. The summed E-state index contributed by atoms with van der Waals surface area (Å²) in [4.78, 5) is 28.8. The molecule has 1 aliphatic heterocycles. The number of benzene rings is 3. The molecule has 0 radical (unpaired) electrons. The predicted molar refractivity (Wildman–Crippen MR) is 151 cm³/mol. The van der Waals surface area contributed by atoms with Gasteiger partial charge in [-0.15, -0.1) is 0 Å². The second-order valence-corrected chi connectivity index (χ2v) is 10.3. The van der Waals surface area contributed by atoms with E-state index in [1.54, 1.807) is 30.3 Å². The van der Waals surface area contributed by atoms with Crippen LogP contribution in [0.15, 0.2) is 66.7 Å². The quantitative estimate of drug-likeness (QED) is 0.275. The number of nitrogens with zero attached hydrogens (tertiary/aromatic N) is 2. The normalized spacial score (nSPS) is 19.1. The molecular formula is C29H30Cl2FN3O5. The van der Waals surface area contributed by atoms with Crippen LogP contribution in [0.2, 0.25) is 10.0 Å². The van der Waals surface area contributed by atoms with Crippen LogP contribution in [0.5, 0.6) is 5.75 Å². The number of aliphatic hydroxyl groups is 1. The minimum absolute atomic E-state index is 0.123. The highest BCUT2D eigenvalue weighted by atomic mass is 35.5. The van der Waals surface area contributed by atoms with Crippen molar-refractivity contribution in [1.82, 2.24) is 9.80 Å². The molecule has 3 aromatic carbocycles. The van der Waals surface area contributed by atoms with E-state index >= 15 is 4.39 Å². The van der Waals surface area contributed by atoms with E-state index < -0.39 is 49.0 Å². The van der Waals surface area contributed by atoms with E-state index in [-0.39, 0.29) is 23.7 Å². The molecule has 1 heterocycles. The van der Waals surface area contributed by atoms with Crippen molar-refractivity contribution in [2.75, 3.05) is 31.7 Å². The third kappa shape index (κ3) is 6.92. The fraction of sp³-hybridized carbons (Fsp3) is 0.310. The summed E-state index contributed by atoms with van der Waals surface area (Å²) in [6, 6.07) is 16.9. The number of halogens is 3. The molecule has 8 nitrogen and oxygen atoms in total. The summed E-state index contributed by atoms with van der Waals surface area (Å²) in [7, 11) is 0. The molecule has 4 rings (SSSR count). The molecule has 3 atom stereocenters. The van der Waals surface area contributed by atoms with E-state index in [4.69, 9.17) is 27.9 Å². The largest absolute Gasteiger partial charge is 0.494 e. The van der Waals surface area contributed by atoms with Gasteiger partial charge in [0.05, 0.1) is 30.9 Å². The van der Waals surface area contributed by atoms with Crippen LogP contribution in [0, 0.1) is 5.82 Å². The van der Waals surface area contributed by atoms with E-state index in [2.05, 4.69) is 5.32 Å². The lowest BCUT2D eigenvalue weighted by atomic mass is 9.86. The van der Waals surface area contributed by atoms with Crippen molar-refractivity contribution in [3.05, 3.63) is 93.7 Å². The Kier molecular flexibility index (Phi) is 9.99. The Labute approximate surface area is 241 Å². The molecule has 1 fully saturated rings. The number of amides is 1. The lowest BCUT2D eigenvalue weighted by Crippen LogP contribution is -2.45. The highest BCUT2D eigenvalue weighted by Gasteiger charge is 2.49. The SMILES string of the molecule is CCOc1cccc(CN2CC(N(CO)CC(=O)O)C(c3cccc(Cl)c3F)C2C(=O)Nc2cccc(Cl)c2)c1. The van der Waals surface area contributed by atoms with Crippen molar-refractivity contribution >= 4 is 40.8 Å². The van der Waals surface area contributed by atoms with Gasteiger partial charge in [0.2, 0.25) is 5.91 Å². The van der Waals surface area contributed by atoms with Gasteiger partial charge in [0.15, 0.2) is 0 Å². The molecular weight excluding hydrogens is 560 g/mol. The zero-order valence-corrected chi connectivity index (χ0v) is 23.3. The first-order chi connectivity index (χ1) is 19.2. The van der Waals surface area contributed by atoms with Crippen molar-refractivity contribution in [2.45, 2.75) is 31.5 Å². The van der Waals surface area contributed by atoms with Crippen LogP contribution in [0.4, 0.5) is 10.1 Å². The third-order valence-corrected chi connectivity index (χ3v) is 7.38. The summed E-state index contributed by atoms with van der Waals surface area (Å²) < 4.78 is 21.2. The minimum atomic E-state index is -1.16. The topological polar surface area (TPSA) is 102 Å². The van der Waals surface area contributed by atoms with Crippen molar-refractivity contribution in [3.8, 4) is 5.75 Å². The minimum Gasteiger partial charge on any atom is -0.494 e. The third-order valence-electron chi connectivity index (χ3n) is 6.86. The van der Waals surface area contributed by atoms with Gasteiger partial charge in [-0.2, -0.15) is 0 Å². The van der Waals surface area contributed by atoms with Crippen molar-refractivity contribution in [2.24, 2.45) is 0 Å². The molecule has 1 amide bonds. The van der Waals surface area contributed by atoms with Gasteiger partial charge in [0, 0.05) is 35.8 Å². The lowest BCUT2D eigenvalue weighted by molar-refractivity contribution is -0.140. The number of carbonyl (C=O) groups excluding carboxylic acids is 1. The van der Waals surface area contributed by atoms with Gasteiger partial charge < -0.3 is 20.3 Å². The molecule has 0 spiro atoms.